The molecule has 0 bridgehead atoms. The molecule has 0 aliphatic carbocycles. The lowest BCUT2D eigenvalue weighted by Gasteiger charge is -2.22. The number of amides is 2. The Hall–Kier alpha value is -3.88. The summed E-state index contributed by atoms with van der Waals surface area (Å²) in [6.45, 7) is 0. The lowest BCUT2D eigenvalue weighted by molar-refractivity contribution is -0.130. The molecular formula is C27H24Cl2N4O4. The molecule has 10 heteroatoms. The van der Waals surface area contributed by atoms with Crippen LogP contribution in [0.25, 0.3) is 16.6 Å². The van der Waals surface area contributed by atoms with Gasteiger partial charge in [0.1, 0.15) is 6.04 Å². The maximum absolute atomic E-state index is 13.1. The maximum atomic E-state index is 13.1. The van der Waals surface area contributed by atoms with Gasteiger partial charge in [0.25, 0.3) is 11.5 Å². The molecule has 190 valence electrons. The van der Waals surface area contributed by atoms with Crippen molar-refractivity contribution < 1.29 is 9.59 Å². The number of aryl methyl sites for hydroxylation is 1. The fourth-order valence-electron chi connectivity index (χ4n) is 4.11. The van der Waals surface area contributed by atoms with Crippen molar-refractivity contribution in [2.24, 2.45) is 7.05 Å². The predicted molar refractivity (Wildman–Crippen MR) is 145 cm³/mol. The number of carbonyl (C=O) groups is 2. The number of hydrogen-bond donors (Lipinski definition) is 1. The van der Waals surface area contributed by atoms with Crippen molar-refractivity contribution in [3.8, 4) is 5.69 Å². The molecule has 1 atom stereocenters. The third-order valence-electron chi connectivity index (χ3n) is 6.05. The summed E-state index contributed by atoms with van der Waals surface area (Å²) >= 11 is 12.3. The highest BCUT2D eigenvalue weighted by molar-refractivity contribution is 6.39. The Kier molecular flexibility index (Phi) is 7.52. The summed E-state index contributed by atoms with van der Waals surface area (Å²) in [6.07, 6.45) is 0.162. The Bertz CT molecular complexity index is 1600. The molecule has 1 aromatic heterocycles. The molecule has 4 aromatic rings. The van der Waals surface area contributed by atoms with E-state index in [-0.39, 0.29) is 27.9 Å². The van der Waals surface area contributed by atoms with Crippen LogP contribution in [0.2, 0.25) is 10.0 Å². The summed E-state index contributed by atoms with van der Waals surface area (Å²) in [7, 11) is 4.80. The molecule has 0 radical (unpaired) electrons. The van der Waals surface area contributed by atoms with Crippen LogP contribution in [0, 0.1) is 0 Å². The molecule has 1 N–H and O–H groups in total. The van der Waals surface area contributed by atoms with Gasteiger partial charge in [0.2, 0.25) is 5.91 Å². The average molecular weight is 539 g/mol. The van der Waals surface area contributed by atoms with Crippen LogP contribution in [0.4, 0.5) is 0 Å². The molecule has 0 saturated carbocycles. The zero-order valence-electron chi connectivity index (χ0n) is 20.4. The molecule has 0 saturated heterocycles. The minimum absolute atomic E-state index is 0.0873. The molecule has 4 rings (SSSR count). The molecule has 0 aliphatic rings. The molecule has 0 spiro atoms. The van der Waals surface area contributed by atoms with Crippen LogP contribution in [0.5, 0.6) is 0 Å². The van der Waals surface area contributed by atoms with E-state index in [4.69, 9.17) is 23.2 Å². The van der Waals surface area contributed by atoms with Crippen LogP contribution >= 0.6 is 23.2 Å². The zero-order chi connectivity index (χ0) is 26.9. The van der Waals surface area contributed by atoms with Gasteiger partial charge in [-0.2, -0.15) is 0 Å². The van der Waals surface area contributed by atoms with Crippen LogP contribution in [0.15, 0.2) is 76.3 Å². The van der Waals surface area contributed by atoms with E-state index in [1.54, 1.807) is 87.9 Å². The SMILES string of the molecule is CN(C)C(=O)[C@H](Cc1ccc(-n2c(=O)c3ccccc3n(C)c2=O)cc1)NC(=O)c1c(Cl)cccc1Cl. The number of hydrogen-bond acceptors (Lipinski definition) is 4. The first-order valence-electron chi connectivity index (χ1n) is 11.4. The third kappa shape index (κ3) is 5.16. The first-order chi connectivity index (χ1) is 17.6. The van der Waals surface area contributed by atoms with Gasteiger partial charge < -0.3 is 10.2 Å². The molecule has 3 aromatic carbocycles. The quantitative estimate of drug-likeness (QED) is 0.407. The largest absolute Gasteiger partial charge is 0.347 e. The number of aromatic nitrogens is 2. The van der Waals surface area contributed by atoms with E-state index in [1.807, 2.05) is 0 Å². The van der Waals surface area contributed by atoms with Crippen LogP contribution in [-0.2, 0) is 18.3 Å². The van der Waals surface area contributed by atoms with E-state index in [9.17, 15) is 19.2 Å². The fraction of sp³-hybridized carbons (Fsp3) is 0.185. The van der Waals surface area contributed by atoms with Gasteiger partial charge in [0.05, 0.1) is 32.2 Å². The highest BCUT2D eigenvalue weighted by atomic mass is 35.5. The second-order valence-electron chi connectivity index (χ2n) is 8.73. The second-order valence-corrected chi connectivity index (χ2v) is 9.54. The Labute approximate surface area is 222 Å². The Morgan fingerprint density at radius 2 is 1.54 bits per heavy atom. The van der Waals surface area contributed by atoms with Crippen molar-refractivity contribution in [1.29, 1.82) is 0 Å². The molecule has 0 fully saturated rings. The van der Waals surface area contributed by atoms with Crippen LogP contribution in [0.3, 0.4) is 0 Å². The smallest absolute Gasteiger partial charge is 0.335 e. The van der Waals surface area contributed by atoms with Gasteiger partial charge in [-0.15, -0.1) is 0 Å². The minimum atomic E-state index is -0.906. The average Bonchev–Trinajstić information content (AvgIpc) is 2.87. The lowest BCUT2D eigenvalue weighted by Crippen LogP contribution is -2.47. The van der Waals surface area contributed by atoms with Gasteiger partial charge in [-0.25, -0.2) is 9.36 Å². The van der Waals surface area contributed by atoms with Gasteiger partial charge in [0, 0.05) is 27.6 Å². The van der Waals surface area contributed by atoms with Crippen molar-refractivity contribution in [3.05, 3.63) is 109 Å². The van der Waals surface area contributed by atoms with Crippen molar-refractivity contribution in [2.75, 3.05) is 14.1 Å². The molecular weight excluding hydrogens is 515 g/mol. The fourth-order valence-corrected chi connectivity index (χ4v) is 4.68. The third-order valence-corrected chi connectivity index (χ3v) is 6.68. The van der Waals surface area contributed by atoms with Gasteiger partial charge in [-0.05, 0) is 42.0 Å². The lowest BCUT2D eigenvalue weighted by atomic mass is 10.0. The number of nitrogens with one attached hydrogen (secondary N) is 1. The number of carbonyl (C=O) groups excluding carboxylic acids is 2. The molecule has 1 heterocycles. The monoisotopic (exact) mass is 538 g/mol. The van der Waals surface area contributed by atoms with Crippen molar-refractivity contribution in [2.45, 2.75) is 12.5 Å². The number of fused-ring (bicyclic) bond motifs is 1. The van der Waals surface area contributed by atoms with E-state index in [2.05, 4.69) is 5.32 Å². The normalized spacial score (nSPS) is 11.8. The Balaban J connectivity index is 1.65. The van der Waals surface area contributed by atoms with E-state index >= 15 is 0 Å². The van der Waals surface area contributed by atoms with Gasteiger partial charge in [-0.3, -0.25) is 19.0 Å². The van der Waals surface area contributed by atoms with Crippen LogP contribution in [-0.4, -0.2) is 46.0 Å². The highest BCUT2D eigenvalue weighted by Crippen LogP contribution is 2.24. The molecule has 37 heavy (non-hydrogen) atoms. The first-order valence-corrected chi connectivity index (χ1v) is 12.1. The summed E-state index contributed by atoms with van der Waals surface area (Å²) in [5, 5.41) is 3.50. The number of likely N-dealkylation sites (N-methyl/N-ethyl adjacent to an activating group) is 1. The van der Waals surface area contributed by atoms with Crippen LogP contribution in [0.1, 0.15) is 15.9 Å². The van der Waals surface area contributed by atoms with Gasteiger partial charge >= 0.3 is 5.69 Å². The number of rotatable bonds is 6. The number of halogens is 2. The van der Waals surface area contributed by atoms with Crippen molar-refractivity contribution in [3.63, 3.8) is 0 Å². The van der Waals surface area contributed by atoms with E-state index < -0.39 is 23.2 Å². The Morgan fingerprint density at radius 1 is 0.919 bits per heavy atom. The van der Waals surface area contributed by atoms with Crippen LogP contribution < -0.4 is 16.6 Å². The van der Waals surface area contributed by atoms with Gasteiger partial charge in [0.15, 0.2) is 0 Å². The number of benzene rings is 3. The van der Waals surface area contributed by atoms with Gasteiger partial charge in [-0.1, -0.05) is 53.5 Å². The summed E-state index contributed by atoms with van der Waals surface area (Å²) in [6, 6.07) is 17.4. The minimum Gasteiger partial charge on any atom is -0.347 e. The van der Waals surface area contributed by atoms with E-state index in [1.165, 1.54) is 9.47 Å². The topological polar surface area (TPSA) is 93.4 Å². The van der Waals surface area contributed by atoms with Crippen molar-refractivity contribution >= 4 is 45.9 Å². The van der Waals surface area contributed by atoms with E-state index in [0.717, 1.165) is 4.57 Å². The molecule has 8 nitrogen and oxygen atoms in total. The Morgan fingerprint density at radius 3 is 2.16 bits per heavy atom. The summed E-state index contributed by atoms with van der Waals surface area (Å²) < 4.78 is 2.53. The predicted octanol–water partition coefficient (Wildman–Crippen LogP) is 3.43. The standard InChI is InChI=1S/C27H24Cl2N4O4/c1-31(2)26(36)21(30-24(34)23-19(28)8-6-9-20(23)29)15-16-11-13-17(14-12-16)33-25(35)18-7-4-5-10-22(18)32(3)27(33)37/h4-14,21H,15H2,1-3H3,(H,30,34)/t21-/m0/s1. The first kappa shape index (κ1) is 26.2. The molecule has 0 unspecified atom stereocenters. The summed E-state index contributed by atoms with van der Waals surface area (Å²) in [5.74, 6) is -0.890. The molecule has 2 amide bonds. The number of nitrogens with zero attached hydrogens (tertiary/aromatic N) is 3. The zero-order valence-corrected chi connectivity index (χ0v) is 21.9. The van der Waals surface area contributed by atoms with E-state index in [0.29, 0.717) is 22.2 Å². The molecule has 0 aliphatic heterocycles. The number of para-hydroxylation sites is 1. The second kappa shape index (κ2) is 10.6. The summed E-state index contributed by atoms with van der Waals surface area (Å²) in [4.78, 5) is 53.2. The highest BCUT2D eigenvalue weighted by Gasteiger charge is 2.25. The summed E-state index contributed by atoms with van der Waals surface area (Å²) in [5.41, 5.74) is 0.841. The van der Waals surface area contributed by atoms with Crippen molar-refractivity contribution in [1.82, 2.24) is 19.4 Å². The maximum Gasteiger partial charge on any atom is 0.335 e.